The van der Waals surface area contributed by atoms with Crippen LogP contribution in [0.1, 0.15) is 6.92 Å². The molecule has 0 aliphatic carbocycles. The molecule has 0 saturated carbocycles. The number of carbonyl (C=O) groups is 2. The summed E-state index contributed by atoms with van der Waals surface area (Å²) in [5.41, 5.74) is -0.0483. The van der Waals surface area contributed by atoms with Crippen molar-refractivity contribution in [3.63, 3.8) is 0 Å². The second-order valence-electron chi connectivity index (χ2n) is 3.68. The van der Waals surface area contributed by atoms with Crippen molar-refractivity contribution in [1.82, 2.24) is 10.6 Å². The number of imide groups is 1. The SMILES string of the molecule is CNC(=O)NC(=O)C(C)Nc1cc(Br)c(F)cc1F. The molecule has 1 aromatic carbocycles. The molecule has 0 spiro atoms. The van der Waals surface area contributed by atoms with Gasteiger partial charge in [-0.3, -0.25) is 10.1 Å². The number of anilines is 1. The summed E-state index contributed by atoms with van der Waals surface area (Å²) in [6, 6.07) is 0.327. The van der Waals surface area contributed by atoms with Gasteiger partial charge in [0, 0.05) is 13.1 Å². The molecule has 0 aromatic heterocycles. The number of carbonyl (C=O) groups excluding carboxylic acids is 2. The average molecular weight is 336 g/mol. The lowest BCUT2D eigenvalue weighted by molar-refractivity contribution is -0.120. The Kier molecular flexibility index (Phi) is 5.22. The number of hydrogen-bond acceptors (Lipinski definition) is 3. The van der Waals surface area contributed by atoms with E-state index in [0.29, 0.717) is 6.07 Å². The van der Waals surface area contributed by atoms with Gasteiger partial charge in [0.2, 0.25) is 5.91 Å². The van der Waals surface area contributed by atoms with Crippen LogP contribution in [0.2, 0.25) is 0 Å². The van der Waals surface area contributed by atoms with Crippen LogP contribution in [0.3, 0.4) is 0 Å². The third-order valence-electron chi connectivity index (χ3n) is 2.24. The van der Waals surface area contributed by atoms with Crippen LogP contribution >= 0.6 is 15.9 Å². The van der Waals surface area contributed by atoms with E-state index in [0.717, 1.165) is 0 Å². The van der Waals surface area contributed by atoms with Crippen LogP contribution in [0.4, 0.5) is 19.3 Å². The predicted octanol–water partition coefficient (Wildman–Crippen LogP) is 1.98. The predicted molar refractivity (Wildman–Crippen MR) is 69.7 cm³/mol. The van der Waals surface area contributed by atoms with Crippen molar-refractivity contribution in [2.45, 2.75) is 13.0 Å². The van der Waals surface area contributed by atoms with E-state index in [9.17, 15) is 18.4 Å². The van der Waals surface area contributed by atoms with Crippen molar-refractivity contribution >= 4 is 33.6 Å². The minimum Gasteiger partial charge on any atom is -0.371 e. The first-order valence-corrected chi connectivity index (χ1v) is 6.08. The van der Waals surface area contributed by atoms with E-state index in [2.05, 4.69) is 26.6 Å². The molecule has 5 nitrogen and oxygen atoms in total. The molecule has 1 atom stereocenters. The molecule has 0 aliphatic heterocycles. The number of hydrogen-bond donors (Lipinski definition) is 3. The van der Waals surface area contributed by atoms with Gasteiger partial charge >= 0.3 is 6.03 Å². The van der Waals surface area contributed by atoms with Gasteiger partial charge in [0.1, 0.15) is 17.7 Å². The summed E-state index contributed by atoms with van der Waals surface area (Å²) in [7, 11) is 1.36. The first-order valence-electron chi connectivity index (χ1n) is 5.28. The van der Waals surface area contributed by atoms with Crippen LogP contribution in [0, 0.1) is 11.6 Å². The third-order valence-corrected chi connectivity index (χ3v) is 2.85. The highest BCUT2D eigenvalue weighted by molar-refractivity contribution is 9.10. The maximum Gasteiger partial charge on any atom is 0.321 e. The Labute approximate surface area is 116 Å². The lowest BCUT2D eigenvalue weighted by atomic mass is 10.2. The number of halogens is 3. The van der Waals surface area contributed by atoms with E-state index in [4.69, 9.17) is 0 Å². The zero-order chi connectivity index (χ0) is 14.6. The van der Waals surface area contributed by atoms with Gasteiger partial charge in [-0.05, 0) is 28.9 Å². The van der Waals surface area contributed by atoms with E-state index < -0.39 is 29.6 Å². The lowest BCUT2D eigenvalue weighted by Crippen LogP contribution is -2.44. The zero-order valence-corrected chi connectivity index (χ0v) is 11.8. The largest absolute Gasteiger partial charge is 0.371 e. The van der Waals surface area contributed by atoms with Crippen molar-refractivity contribution < 1.29 is 18.4 Å². The smallest absolute Gasteiger partial charge is 0.321 e. The fourth-order valence-corrected chi connectivity index (χ4v) is 1.56. The number of nitrogens with one attached hydrogen (secondary N) is 3. The molecule has 0 aliphatic rings. The minimum atomic E-state index is -0.871. The highest BCUT2D eigenvalue weighted by atomic mass is 79.9. The minimum absolute atomic E-state index is 0.0483. The molecule has 3 amide bonds. The van der Waals surface area contributed by atoms with Crippen LogP contribution in [0.5, 0.6) is 0 Å². The number of amides is 3. The Balaban J connectivity index is 2.77. The first kappa shape index (κ1) is 15.4. The van der Waals surface area contributed by atoms with E-state index >= 15 is 0 Å². The highest BCUT2D eigenvalue weighted by Crippen LogP contribution is 2.24. The van der Waals surface area contributed by atoms with Crippen LogP contribution in [0.15, 0.2) is 16.6 Å². The van der Waals surface area contributed by atoms with E-state index in [1.807, 2.05) is 5.32 Å². The number of benzene rings is 1. The van der Waals surface area contributed by atoms with Crippen molar-refractivity contribution in [3.8, 4) is 0 Å². The molecule has 3 N–H and O–H groups in total. The number of urea groups is 1. The molecule has 0 saturated heterocycles. The van der Waals surface area contributed by atoms with Gasteiger partial charge in [0.05, 0.1) is 10.2 Å². The van der Waals surface area contributed by atoms with Crippen molar-refractivity contribution in [1.29, 1.82) is 0 Å². The van der Waals surface area contributed by atoms with Crippen molar-refractivity contribution in [3.05, 3.63) is 28.2 Å². The second-order valence-corrected chi connectivity index (χ2v) is 4.53. The maximum absolute atomic E-state index is 13.4. The van der Waals surface area contributed by atoms with Crippen molar-refractivity contribution in [2.75, 3.05) is 12.4 Å². The van der Waals surface area contributed by atoms with Crippen molar-refractivity contribution in [2.24, 2.45) is 0 Å². The first-order chi connectivity index (χ1) is 8.85. The normalized spacial score (nSPS) is 11.6. The lowest BCUT2D eigenvalue weighted by Gasteiger charge is -2.15. The quantitative estimate of drug-likeness (QED) is 0.740. The topological polar surface area (TPSA) is 70.2 Å². The van der Waals surface area contributed by atoms with E-state index in [1.165, 1.54) is 20.0 Å². The van der Waals surface area contributed by atoms with Gasteiger partial charge in [-0.1, -0.05) is 0 Å². The Hall–Kier alpha value is -1.70. The van der Waals surface area contributed by atoms with Gasteiger partial charge in [-0.2, -0.15) is 0 Å². The molecule has 1 aromatic rings. The molecule has 0 bridgehead atoms. The fraction of sp³-hybridized carbons (Fsp3) is 0.273. The Morgan fingerprint density at radius 3 is 2.47 bits per heavy atom. The Morgan fingerprint density at radius 2 is 1.89 bits per heavy atom. The van der Waals surface area contributed by atoms with Gasteiger partial charge in [0.25, 0.3) is 0 Å². The monoisotopic (exact) mass is 335 g/mol. The second kappa shape index (κ2) is 6.46. The number of rotatable bonds is 3. The van der Waals surface area contributed by atoms with Crippen LogP contribution in [0.25, 0.3) is 0 Å². The summed E-state index contributed by atoms with van der Waals surface area (Å²) >= 11 is 2.91. The van der Waals surface area contributed by atoms with E-state index in [1.54, 1.807) is 0 Å². The van der Waals surface area contributed by atoms with Gasteiger partial charge in [0.15, 0.2) is 0 Å². The zero-order valence-electron chi connectivity index (χ0n) is 10.2. The molecule has 8 heteroatoms. The summed E-state index contributed by atoms with van der Waals surface area (Å²) in [5.74, 6) is -2.22. The molecular weight excluding hydrogens is 324 g/mol. The summed E-state index contributed by atoms with van der Waals surface area (Å²) in [5, 5.41) is 6.79. The maximum atomic E-state index is 13.4. The van der Waals surface area contributed by atoms with Crippen LogP contribution in [-0.4, -0.2) is 25.0 Å². The summed E-state index contributed by atoms with van der Waals surface area (Å²) in [6.45, 7) is 1.44. The molecule has 104 valence electrons. The fourth-order valence-electron chi connectivity index (χ4n) is 1.21. The van der Waals surface area contributed by atoms with Gasteiger partial charge in [-0.15, -0.1) is 0 Å². The van der Waals surface area contributed by atoms with Crippen LogP contribution in [-0.2, 0) is 4.79 Å². The van der Waals surface area contributed by atoms with Crippen LogP contribution < -0.4 is 16.0 Å². The summed E-state index contributed by atoms with van der Waals surface area (Å²) in [4.78, 5) is 22.5. The highest BCUT2D eigenvalue weighted by Gasteiger charge is 2.17. The summed E-state index contributed by atoms with van der Waals surface area (Å²) in [6.07, 6.45) is 0. The standard InChI is InChI=1S/C11H12BrF2N3O2/c1-5(10(18)17-11(19)15-2)16-9-3-6(12)7(13)4-8(9)14/h3-5,16H,1-2H3,(H2,15,17,18,19). The average Bonchev–Trinajstić information content (AvgIpc) is 2.35. The van der Waals surface area contributed by atoms with E-state index in [-0.39, 0.29) is 10.2 Å². The Bertz CT molecular complexity index is 511. The van der Waals surface area contributed by atoms with Gasteiger partial charge < -0.3 is 10.6 Å². The summed E-state index contributed by atoms with van der Waals surface area (Å²) < 4.78 is 26.5. The molecular formula is C11H12BrF2N3O2. The van der Waals surface area contributed by atoms with Gasteiger partial charge in [-0.25, -0.2) is 13.6 Å². The Morgan fingerprint density at radius 1 is 1.26 bits per heavy atom. The molecule has 1 rings (SSSR count). The molecule has 1 unspecified atom stereocenters. The molecule has 0 radical (unpaired) electrons. The molecule has 0 heterocycles. The molecule has 19 heavy (non-hydrogen) atoms. The third kappa shape index (κ3) is 4.16. The molecule has 0 fully saturated rings.